The topological polar surface area (TPSA) is 196 Å². The number of fused-ring (bicyclic) bond motifs is 1. The van der Waals surface area contributed by atoms with Gasteiger partial charge >= 0.3 is 0 Å². The summed E-state index contributed by atoms with van der Waals surface area (Å²) in [6, 6.07) is 4.23. The van der Waals surface area contributed by atoms with Gasteiger partial charge < -0.3 is 49.2 Å². The van der Waals surface area contributed by atoms with Gasteiger partial charge in [0.1, 0.15) is 11.9 Å². The fourth-order valence-electron chi connectivity index (χ4n) is 9.98. The number of anilines is 2. The molecular weight excluding hydrogens is 917 g/mol. The molecule has 2 aliphatic carbocycles. The van der Waals surface area contributed by atoms with E-state index in [9.17, 15) is 24.0 Å². The number of allylic oxidation sites excluding steroid dienone is 1. The lowest BCUT2D eigenvalue weighted by atomic mass is 9.89. The Morgan fingerprint density at radius 3 is 2.26 bits per heavy atom. The zero-order valence-electron chi connectivity index (χ0n) is 43.1. The van der Waals surface area contributed by atoms with Gasteiger partial charge in [0, 0.05) is 81.0 Å². The lowest BCUT2D eigenvalue weighted by molar-refractivity contribution is -0.125. The van der Waals surface area contributed by atoms with Gasteiger partial charge in [-0.05, 0) is 132 Å². The number of unbranched alkanes of at least 4 members (excludes halogenated alkanes) is 5. The average Bonchev–Trinajstić information content (AvgIpc) is 3.79. The summed E-state index contributed by atoms with van der Waals surface area (Å²) in [5.74, 6) is -0.00713. The van der Waals surface area contributed by atoms with Crippen molar-refractivity contribution in [3.8, 4) is 0 Å². The van der Waals surface area contributed by atoms with Crippen LogP contribution in [0.3, 0.4) is 0 Å². The number of carbonyl (C=O) groups is 5. The quantitative estimate of drug-likeness (QED) is 0.0401. The van der Waals surface area contributed by atoms with E-state index < -0.39 is 11.9 Å². The summed E-state index contributed by atoms with van der Waals surface area (Å²) in [5.41, 5.74) is 4.58. The number of imide groups is 1. The van der Waals surface area contributed by atoms with Crippen LogP contribution in [-0.2, 0) is 38.1 Å². The normalized spacial score (nSPS) is 17.1. The third kappa shape index (κ3) is 17.1. The Bertz CT molecular complexity index is 2250. The molecule has 72 heavy (non-hydrogen) atoms. The van der Waals surface area contributed by atoms with E-state index in [-0.39, 0.29) is 36.3 Å². The van der Waals surface area contributed by atoms with Crippen LogP contribution in [0.5, 0.6) is 0 Å². The molecule has 1 saturated carbocycles. The van der Waals surface area contributed by atoms with E-state index in [0.29, 0.717) is 87.7 Å². The van der Waals surface area contributed by atoms with Crippen molar-refractivity contribution in [3.63, 3.8) is 0 Å². The Balaban J connectivity index is 0.758. The third-order valence-electron chi connectivity index (χ3n) is 14.3. The van der Waals surface area contributed by atoms with Gasteiger partial charge in [-0.1, -0.05) is 50.7 Å². The van der Waals surface area contributed by atoms with Crippen LogP contribution in [0.2, 0.25) is 0 Å². The van der Waals surface area contributed by atoms with E-state index in [2.05, 4.69) is 56.0 Å². The smallest absolute Gasteiger partial charge is 0.261 e. The number of nitrogens with one attached hydrogen (secondary N) is 3. The number of benzene rings is 1. The first kappa shape index (κ1) is 56.0. The SMILES string of the molecule is CNC(=O)CCC(C=O)N(C=O)C(=O)c1cccc(NC(=O)CCCCCOCCOCCOCCCCCCN2CCC(c3cn(C4CCCCC4)c4nc(NC5=CC(OC)CC=C5)ncc34)CC2)c1C. The van der Waals surface area contributed by atoms with Crippen LogP contribution in [0.1, 0.15) is 149 Å². The average molecular weight is 997 g/mol. The monoisotopic (exact) mass is 997 g/mol. The molecule has 1 aromatic carbocycles. The molecule has 6 rings (SSSR count). The highest BCUT2D eigenvalue weighted by atomic mass is 16.5. The summed E-state index contributed by atoms with van der Waals surface area (Å²) in [7, 11) is 3.21. The van der Waals surface area contributed by atoms with Gasteiger partial charge in [0.05, 0.1) is 38.6 Å². The van der Waals surface area contributed by atoms with E-state index in [1.54, 1.807) is 26.2 Å². The van der Waals surface area contributed by atoms with Crippen molar-refractivity contribution in [1.82, 2.24) is 29.7 Å². The predicted molar refractivity (Wildman–Crippen MR) is 279 cm³/mol. The van der Waals surface area contributed by atoms with Gasteiger partial charge in [-0.2, -0.15) is 4.98 Å². The molecule has 3 N–H and O–H groups in total. The minimum atomic E-state index is -1.09. The second-order valence-electron chi connectivity index (χ2n) is 19.3. The van der Waals surface area contributed by atoms with Crippen molar-refractivity contribution < 1.29 is 42.9 Å². The number of hydrogen-bond donors (Lipinski definition) is 3. The van der Waals surface area contributed by atoms with Gasteiger partial charge in [-0.25, -0.2) is 4.98 Å². The second kappa shape index (κ2) is 30.6. The predicted octanol–water partition coefficient (Wildman–Crippen LogP) is 8.20. The summed E-state index contributed by atoms with van der Waals surface area (Å²) >= 11 is 0. The highest BCUT2D eigenvalue weighted by Gasteiger charge is 2.29. The van der Waals surface area contributed by atoms with E-state index in [4.69, 9.17) is 28.9 Å². The van der Waals surface area contributed by atoms with Crippen LogP contribution in [0.15, 0.2) is 54.5 Å². The molecule has 17 heteroatoms. The minimum Gasteiger partial charge on any atom is -0.379 e. The first-order valence-corrected chi connectivity index (χ1v) is 26.6. The molecule has 394 valence electrons. The number of aromatic nitrogens is 3. The van der Waals surface area contributed by atoms with Crippen LogP contribution >= 0.6 is 0 Å². The fraction of sp³-hybridized carbons (Fsp3) is 0.618. The summed E-state index contributed by atoms with van der Waals surface area (Å²) in [4.78, 5) is 74.5. The number of carbonyl (C=O) groups excluding carboxylic acids is 5. The lowest BCUT2D eigenvalue weighted by Gasteiger charge is -2.32. The Labute approximate surface area is 426 Å². The number of aldehydes is 1. The van der Waals surface area contributed by atoms with Gasteiger partial charge in [0.2, 0.25) is 24.2 Å². The molecule has 3 heterocycles. The molecule has 4 amide bonds. The van der Waals surface area contributed by atoms with E-state index in [1.165, 1.54) is 88.3 Å². The molecule has 2 fully saturated rings. The number of rotatable bonds is 32. The molecule has 0 radical (unpaired) electrons. The maximum atomic E-state index is 13.2. The van der Waals surface area contributed by atoms with E-state index >= 15 is 0 Å². The molecule has 2 aromatic heterocycles. The van der Waals surface area contributed by atoms with Crippen LogP contribution in [0.4, 0.5) is 11.6 Å². The number of nitrogens with zero attached hydrogens (tertiary/aromatic N) is 5. The van der Waals surface area contributed by atoms with Gasteiger partial charge in [0.25, 0.3) is 5.91 Å². The molecule has 1 aliphatic heterocycles. The van der Waals surface area contributed by atoms with Crippen molar-refractivity contribution in [1.29, 1.82) is 0 Å². The molecule has 0 bridgehead atoms. The molecule has 2 unspecified atom stereocenters. The highest BCUT2D eigenvalue weighted by Crippen LogP contribution is 2.38. The molecule has 3 aliphatic rings. The van der Waals surface area contributed by atoms with Crippen molar-refractivity contribution in [2.75, 3.05) is 84.1 Å². The van der Waals surface area contributed by atoms with Crippen molar-refractivity contribution in [2.45, 2.75) is 147 Å². The Morgan fingerprint density at radius 1 is 0.861 bits per heavy atom. The number of amides is 4. The van der Waals surface area contributed by atoms with Gasteiger partial charge in [-0.3, -0.25) is 24.1 Å². The molecule has 17 nitrogen and oxygen atoms in total. The Hall–Kier alpha value is -5.33. The standard InChI is InChI=1S/C55H80N8O9/c1-41-47(54(68)63(40-65)45(39-64)23-24-51(66)56-2)20-15-21-50(41)59-52(67)22-10-7-13-31-71-33-35-72-34-32-70-30-12-5-4-11-27-61-28-25-42(26-29-61)49-38-62(44-17-8-6-9-18-44)53-48(49)37-57-55(60-53)58-43-16-14-19-46(36-43)69-3/h14-16,20-21,36-40,42,44-46H,4-13,17-19,22-35H2,1-3H3,(H,56,66)(H,59,67)(H,57,58,60). The minimum absolute atomic E-state index is 0.00341. The number of hydrogen-bond acceptors (Lipinski definition) is 13. The number of piperidine rings is 1. The van der Waals surface area contributed by atoms with Crippen LogP contribution < -0.4 is 16.0 Å². The van der Waals surface area contributed by atoms with Gasteiger partial charge in [-0.15, -0.1) is 0 Å². The maximum absolute atomic E-state index is 13.2. The zero-order chi connectivity index (χ0) is 50.9. The van der Waals surface area contributed by atoms with Crippen LogP contribution in [0.25, 0.3) is 11.0 Å². The van der Waals surface area contributed by atoms with Gasteiger partial charge in [0.15, 0.2) is 0 Å². The highest BCUT2D eigenvalue weighted by molar-refractivity contribution is 6.04. The summed E-state index contributed by atoms with van der Waals surface area (Å²) in [6.45, 7) is 8.53. The van der Waals surface area contributed by atoms with Crippen molar-refractivity contribution in [3.05, 3.63) is 71.2 Å². The van der Waals surface area contributed by atoms with Crippen molar-refractivity contribution >= 4 is 53.1 Å². The number of methoxy groups -OCH3 is 1. The van der Waals surface area contributed by atoms with Crippen LogP contribution in [0, 0.1) is 6.92 Å². The molecule has 2 atom stereocenters. The summed E-state index contributed by atoms with van der Waals surface area (Å²) in [5, 5.41) is 9.97. The lowest BCUT2D eigenvalue weighted by Crippen LogP contribution is -2.41. The molecule has 1 saturated heterocycles. The van der Waals surface area contributed by atoms with Crippen LogP contribution in [-0.4, -0.2) is 140 Å². The third-order valence-corrected chi connectivity index (χ3v) is 14.3. The second-order valence-corrected chi connectivity index (χ2v) is 19.3. The Morgan fingerprint density at radius 2 is 1.57 bits per heavy atom. The van der Waals surface area contributed by atoms with E-state index in [0.717, 1.165) is 68.2 Å². The largest absolute Gasteiger partial charge is 0.379 e. The molecular formula is C55H80N8O9. The summed E-state index contributed by atoms with van der Waals surface area (Å²) < 4.78 is 25.2. The van der Waals surface area contributed by atoms with E-state index in [1.807, 2.05) is 0 Å². The molecule has 3 aromatic rings. The molecule has 0 spiro atoms. The maximum Gasteiger partial charge on any atom is 0.261 e. The van der Waals surface area contributed by atoms with Crippen molar-refractivity contribution in [2.24, 2.45) is 0 Å². The first-order chi connectivity index (χ1) is 35.2. The number of ether oxygens (including phenoxy) is 4. The number of likely N-dealkylation sites (tertiary alicyclic amines) is 1. The first-order valence-electron chi connectivity index (χ1n) is 26.6. The summed E-state index contributed by atoms with van der Waals surface area (Å²) in [6.07, 6.45) is 28.4. The zero-order valence-corrected chi connectivity index (χ0v) is 43.1. The Kier molecular flexibility index (Phi) is 23.8. The fourth-order valence-corrected chi connectivity index (χ4v) is 9.98.